The highest BCUT2D eigenvalue weighted by Crippen LogP contribution is 2.32. The van der Waals surface area contributed by atoms with Crippen LogP contribution in [-0.4, -0.2) is 35.5 Å². The lowest BCUT2D eigenvalue weighted by atomic mass is 9.74. The molecule has 1 aromatic rings. The molecule has 0 aromatic heterocycles. The van der Waals surface area contributed by atoms with Gasteiger partial charge < -0.3 is 11.1 Å². The van der Waals surface area contributed by atoms with Crippen LogP contribution in [0.4, 0.5) is 13.2 Å². The molecule has 3 N–H and O–H groups in total. The molecule has 2 aliphatic rings. The highest BCUT2D eigenvalue weighted by atomic mass is 35.5. The van der Waals surface area contributed by atoms with Gasteiger partial charge in [-0.2, -0.15) is 13.2 Å². The number of rotatable bonds is 4. The SMILES string of the molecule is CC1(N)CCCCC1C(=O)NC1CCN(Cc2cccc(C(F)(F)F)c2)CC1.Cl.Cl. The Morgan fingerprint density at radius 2 is 1.87 bits per heavy atom. The molecule has 2 fully saturated rings. The van der Waals surface area contributed by atoms with Gasteiger partial charge in [0.1, 0.15) is 0 Å². The van der Waals surface area contributed by atoms with Crippen LogP contribution >= 0.6 is 24.8 Å². The number of benzene rings is 1. The van der Waals surface area contributed by atoms with E-state index in [1.165, 1.54) is 12.1 Å². The van der Waals surface area contributed by atoms with Crippen LogP contribution in [0, 0.1) is 5.92 Å². The lowest BCUT2D eigenvalue weighted by Crippen LogP contribution is -2.55. The van der Waals surface area contributed by atoms with Crippen molar-refractivity contribution < 1.29 is 18.0 Å². The monoisotopic (exact) mass is 469 g/mol. The second-order valence-electron chi connectivity index (χ2n) is 8.56. The lowest BCUT2D eigenvalue weighted by molar-refractivity contribution is -0.137. The predicted molar refractivity (Wildman–Crippen MR) is 117 cm³/mol. The fourth-order valence-electron chi connectivity index (χ4n) is 4.43. The molecule has 4 nitrogen and oxygen atoms in total. The number of likely N-dealkylation sites (tertiary alicyclic amines) is 1. The van der Waals surface area contributed by atoms with E-state index in [0.717, 1.165) is 57.7 Å². The van der Waals surface area contributed by atoms with E-state index in [1.54, 1.807) is 6.07 Å². The van der Waals surface area contributed by atoms with E-state index < -0.39 is 17.3 Å². The van der Waals surface area contributed by atoms with Gasteiger partial charge in [-0.05, 0) is 44.2 Å². The summed E-state index contributed by atoms with van der Waals surface area (Å²) in [6.45, 7) is 3.97. The first kappa shape index (κ1) is 27.0. The third-order valence-electron chi connectivity index (χ3n) is 6.17. The first-order valence-electron chi connectivity index (χ1n) is 10.1. The van der Waals surface area contributed by atoms with Gasteiger partial charge in [0.2, 0.25) is 5.91 Å². The largest absolute Gasteiger partial charge is 0.416 e. The number of nitrogens with two attached hydrogens (primary N) is 1. The van der Waals surface area contributed by atoms with Gasteiger partial charge in [-0.25, -0.2) is 0 Å². The number of alkyl halides is 3. The van der Waals surface area contributed by atoms with Crippen molar-refractivity contribution >= 4 is 30.7 Å². The first-order valence-corrected chi connectivity index (χ1v) is 10.1. The smallest absolute Gasteiger partial charge is 0.353 e. The molecule has 9 heteroatoms. The molecule has 1 aromatic carbocycles. The number of nitrogens with zero attached hydrogens (tertiary/aromatic N) is 1. The molecule has 172 valence electrons. The van der Waals surface area contributed by atoms with E-state index in [2.05, 4.69) is 10.2 Å². The highest BCUT2D eigenvalue weighted by Gasteiger charge is 2.38. The van der Waals surface area contributed by atoms with E-state index in [4.69, 9.17) is 5.73 Å². The van der Waals surface area contributed by atoms with Crippen LogP contribution in [0.25, 0.3) is 0 Å². The van der Waals surface area contributed by atoms with Gasteiger partial charge in [0, 0.05) is 31.2 Å². The van der Waals surface area contributed by atoms with Crippen LogP contribution in [0.2, 0.25) is 0 Å². The summed E-state index contributed by atoms with van der Waals surface area (Å²) in [6, 6.07) is 5.62. The van der Waals surface area contributed by atoms with E-state index in [0.29, 0.717) is 12.1 Å². The summed E-state index contributed by atoms with van der Waals surface area (Å²) >= 11 is 0. The molecular weight excluding hydrogens is 438 g/mol. The summed E-state index contributed by atoms with van der Waals surface area (Å²) in [5.41, 5.74) is 5.95. The summed E-state index contributed by atoms with van der Waals surface area (Å²) in [6.07, 6.45) is 1.13. The topological polar surface area (TPSA) is 58.4 Å². The van der Waals surface area contributed by atoms with Crippen LogP contribution in [0.5, 0.6) is 0 Å². The Morgan fingerprint density at radius 1 is 1.20 bits per heavy atom. The molecule has 1 heterocycles. The number of carbonyl (C=O) groups excluding carboxylic acids is 1. The van der Waals surface area contributed by atoms with Crippen molar-refractivity contribution in [3.05, 3.63) is 35.4 Å². The van der Waals surface area contributed by atoms with Gasteiger partial charge in [0.25, 0.3) is 0 Å². The average molecular weight is 470 g/mol. The quantitative estimate of drug-likeness (QED) is 0.680. The van der Waals surface area contributed by atoms with Gasteiger partial charge in [0.15, 0.2) is 0 Å². The Balaban J connectivity index is 0.00000225. The van der Waals surface area contributed by atoms with Crippen molar-refractivity contribution in [2.75, 3.05) is 13.1 Å². The Hall–Kier alpha value is -1.02. The molecule has 1 aliphatic heterocycles. The maximum atomic E-state index is 12.9. The summed E-state index contributed by atoms with van der Waals surface area (Å²) in [5.74, 6) is -0.0783. The van der Waals surface area contributed by atoms with Crippen molar-refractivity contribution in [1.29, 1.82) is 0 Å². The normalized spacial score (nSPS) is 25.7. The first-order chi connectivity index (χ1) is 13.1. The molecule has 1 saturated carbocycles. The van der Waals surface area contributed by atoms with Crippen molar-refractivity contribution in [2.24, 2.45) is 11.7 Å². The fraction of sp³-hybridized carbons (Fsp3) is 0.667. The third-order valence-corrected chi connectivity index (χ3v) is 6.17. The fourth-order valence-corrected chi connectivity index (χ4v) is 4.43. The second-order valence-corrected chi connectivity index (χ2v) is 8.56. The van der Waals surface area contributed by atoms with Crippen LogP contribution < -0.4 is 11.1 Å². The maximum absolute atomic E-state index is 12.9. The lowest BCUT2D eigenvalue weighted by Gasteiger charge is -2.39. The summed E-state index contributed by atoms with van der Waals surface area (Å²) < 4.78 is 38.6. The summed E-state index contributed by atoms with van der Waals surface area (Å²) in [7, 11) is 0. The number of piperidine rings is 1. The number of halogens is 5. The number of hydrogen-bond donors (Lipinski definition) is 2. The standard InChI is InChI=1S/C21H30F3N3O.2ClH/c1-20(25)10-3-2-7-18(20)19(28)26-17-8-11-27(12-9-17)14-15-5-4-6-16(13-15)21(22,23)24;;/h4-6,13,17-18H,2-3,7-12,14,25H2,1H3,(H,26,28);2*1H. The van der Waals surface area contributed by atoms with Gasteiger partial charge in [-0.3, -0.25) is 9.69 Å². The molecule has 2 atom stereocenters. The van der Waals surface area contributed by atoms with Gasteiger partial charge in [-0.1, -0.05) is 31.0 Å². The van der Waals surface area contributed by atoms with Crippen molar-refractivity contribution in [2.45, 2.75) is 69.8 Å². The molecule has 1 saturated heterocycles. The zero-order valence-corrected chi connectivity index (χ0v) is 18.8. The van der Waals surface area contributed by atoms with E-state index in [9.17, 15) is 18.0 Å². The molecule has 1 aliphatic carbocycles. The third kappa shape index (κ3) is 7.01. The summed E-state index contributed by atoms with van der Waals surface area (Å²) in [4.78, 5) is 14.8. The van der Waals surface area contributed by atoms with E-state index in [-0.39, 0.29) is 42.7 Å². The van der Waals surface area contributed by atoms with Crippen molar-refractivity contribution in [3.63, 3.8) is 0 Å². The molecule has 0 spiro atoms. The van der Waals surface area contributed by atoms with Crippen LogP contribution in [0.15, 0.2) is 24.3 Å². The zero-order valence-electron chi connectivity index (χ0n) is 17.2. The molecule has 30 heavy (non-hydrogen) atoms. The van der Waals surface area contributed by atoms with Crippen LogP contribution in [0.1, 0.15) is 56.6 Å². The zero-order chi connectivity index (χ0) is 20.4. The Bertz CT molecular complexity index is 692. The number of nitrogens with one attached hydrogen (secondary N) is 1. The minimum Gasteiger partial charge on any atom is -0.353 e. The Morgan fingerprint density at radius 3 is 2.47 bits per heavy atom. The molecule has 0 bridgehead atoms. The molecule has 3 rings (SSSR count). The molecule has 2 unspecified atom stereocenters. The van der Waals surface area contributed by atoms with Gasteiger partial charge >= 0.3 is 6.18 Å². The number of carbonyl (C=O) groups is 1. The molecular formula is C21H32Cl2F3N3O. The Labute approximate surface area is 189 Å². The molecule has 0 radical (unpaired) electrons. The number of amides is 1. The second kappa shape index (κ2) is 11.0. The molecule has 1 amide bonds. The predicted octanol–water partition coefficient (Wildman–Crippen LogP) is 4.54. The van der Waals surface area contributed by atoms with E-state index in [1.807, 2.05) is 6.92 Å². The van der Waals surface area contributed by atoms with Gasteiger partial charge in [0.05, 0.1) is 11.5 Å². The Kier molecular flexibility index (Phi) is 9.93. The van der Waals surface area contributed by atoms with Gasteiger partial charge in [-0.15, -0.1) is 24.8 Å². The van der Waals surface area contributed by atoms with Crippen LogP contribution in [-0.2, 0) is 17.5 Å². The van der Waals surface area contributed by atoms with Crippen molar-refractivity contribution in [1.82, 2.24) is 10.2 Å². The maximum Gasteiger partial charge on any atom is 0.416 e. The average Bonchev–Trinajstić information content (AvgIpc) is 2.62. The minimum atomic E-state index is -4.32. The highest BCUT2D eigenvalue weighted by molar-refractivity contribution is 5.85. The summed E-state index contributed by atoms with van der Waals surface area (Å²) in [5, 5.41) is 3.16. The van der Waals surface area contributed by atoms with Crippen molar-refractivity contribution in [3.8, 4) is 0 Å². The number of hydrogen-bond acceptors (Lipinski definition) is 3. The van der Waals surface area contributed by atoms with Crippen LogP contribution in [0.3, 0.4) is 0 Å². The van der Waals surface area contributed by atoms with E-state index >= 15 is 0 Å². The minimum absolute atomic E-state index is 0.